The minimum absolute atomic E-state index is 0. The Balaban J connectivity index is 0.000000258. The smallest absolute Gasteiger partial charge is 0.465 e. The predicted molar refractivity (Wildman–Crippen MR) is 362 cm³/mol. The van der Waals surface area contributed by atoms with E-state index < -0.39 is 26.7 Å². The minimum Gasteiger partial charge on any atom is -0.465 e. The average Bonchev–Trinajstić information content (AvgIpc) is 1.79. The highest BCUT2D eigenvalue weighted by Gasteiger charge is 2.31. The zero-order valence-corrected chi connectivity index (χ0v) is 54.3. The number of halogens is 4. The van der Waals surface area contributed by atoms with Crippen molar-refractivity contribution in [3.05, 3.63) is 212 Å². The van der Waals surface area contributed by atoms with Crippen LogP contribution in [0.4, 0.5) is 11.4 Å². The molecule has 0 atom stereocenters. The second kappa shape index (κ2) is 38.3. The number of nitrogens with one attached hydrogen (secondary N) is 1. The number of carbonyl (C=O) groups excluding carboxylic acids is 3. The van der Waals surface area contributed by atoms with E-state index in [0.717, 1.165) is 56.2 Å². The van der Waals surface area contributed by atoms with Crippen LogP contribution in [-0.2, 0) is 57.4 Å². The Bertz CT molecular complexity index is 3850. The number of nitriles is 1. The molecule has 0 bridgehead atoms. The number of fused-ring (bicyclic) bond motifs is 5. The van der Waals surface area contributed by atoms with Crippen LogP contribution in [0.15, 0.2) is 172 Å². The van der Waals surface area contributed by atoms with E-state index in [1.807, 2.05) is 150 Å². The Morgan fingerprint density at radius 2 is 1.02 bits per heavy atom. The molecule has 0 saturated heterocycles. The Labute approximate surface area is 551 Å². The van der Waals surface area contributed by atoms with Crippen LogP contribution in [0.5, 0.6) is 0 Å². The summed E-state index contributed by atoms with van der Waals surface area (Å²) < 4.78 is 59.9. The van der Waals surface area contributed by atoms with Gasteiger partial charge in [-0.05, 0) is 77.9 Å². The quantitative estimate of drug-likeness (QED) is 0.0698. The number of phosphoric acid groups is 1. The lowest BCUT2D eigenvalue weighted by Crippen LogP contribution is -2.13. The normalized spacial score (nSPS) is 12.6. The van der Waals surface area contributed by atoms with Crippen LogP contribution >= 0.6 is 60.8 Å². The maximum atomic E-state index is 12.7. The van der Waals surface area contributed by atoms with Crippen molar-refractivity contribution < 1.29 is 55.6 Å². The lowest BCUT2D eigenvalue weighted by molar-refractivity contribution is -0.141. The van der Waals surface area contributed by atoms with Gasteiger partial charge in [-0.25, -0.2) is 23.9 Å². The van der Waals surface area contributed by atoms with E-state index in [4.69, 9.17) is 74.6 Å². The van der Waals surface area contributed by atoms with Crippen molar-refractivity contribution in [2.75, 3.05) is 58.0 Å². The summed E-state index contributed by atoms with van der Waals surface area (Å²) >= 11 is 24.3. The first-order valence-corrected chi connectivity index (χ1v) is 33.0. The Kier molecular flexibility index (Phi) is 31.9. The number of benzene rings is 6. The highest BCUT2D eigenvalue weighted by atomic mass is 35.7. The monoisotopic (exact) mass is 1360 g/mol. The number of anilines is 1. The zero-order valence-electron chi connectivity index (χ0n) is 49.4. The number of imidazole rings is 1. The van der Waals surface area contributed by atoms with Crippen molar-refractivity contribution in [1.29, 1.82) is 5.26 Å². The molecule has 6 aromatic carbocycles. The van der Waals surface area contributed by atoms with E-state index in [9.17, 15) is 23.5 Å². The second-order valence-corrected chi connectivity index (χ2v) is 23.4. The van der Waals surface area contributed by atoms with Crippen molar-refractivity contribution in [3.8, 4) is 11.8 Å². The first kappa shape index (κ1) is 75.8. The van der Waals surface area contributed by atoms with Crippen LogP contribution in [0.2, 0.25) is 15.1 Å². The molecule has 0 aliphatic carbocycles. The van der Waals surface area contributed by atoms with E-state index in [2.05, 4.69) is 39.1 Å². The number of hydrogen-bond donors (Lipinski definition) is 1. The van der Waals surface area contributed by atoms with E-state index in [1.165, 1.54) is 0 Å². The first-order chi connectivity index (χ1) is 42.9. The van der Waals surface area contributed by atoms with Gasteiger partial charge in [0.05, 0.1) is 92.1 Å². The number of hydrogen-bond acceptors (Lipinski definition) is 18. The SMILES string of the molecule is C.C.CCOC(=O)CC#N.CCOC(=O)c1ncn2c1CN=C(c1ccccc1Cl)c1ccccc1-2.CCOP(=O)(Cl)OCC.CCOP(=O)(OCC)OC1=Nc2ccccc2C(c2ccccc2Cl)=NC1.O=C1CN=C(c2ccccc2Cl)c2ccccc2N1. The first-order valence-electron chi connectivity index (χ1n) is 27.9. The third-order valence-electron chi connectivity index (χ3n) is 12.0. The molecule has 0 fully saturated rings. The molecule has 26 heteroatoms. The van der Waals surface area contributed by atoms with Crippen LogP contribution in [0.25, 0.3) is 5.69 Å². The maximum Gasteiger partial charge on any atom is 0.531 e. The fourth-order valence-electron chi connectivity index (χ4n) is 8.48. The lowest BCUT2D eigenvalue weighted by Gasteiger charge is -2.17. The number of aromatic nitrogens is 2. The Morgan fingerprint density at radius 1 is 0.571 bits per heavy atom. The van der Waals surface area contributed by atoms with Crippen LogP contribution in [0, 0.1) is 11.3 Å². The highest BCUT2D eigenvalue weighted by Crippen LogP contribution is 2.53. The summed E-state index contributed by atoms with van der Waals surface area (Å²) in [4.78, 5) is 56.7. The molecule has 3 aliphatic rings. The molecule has 7 aromatic rings. The average molecular weight is 1360 g/mol. The number of ether oxygens (including phenoxy) is 2. The van der Waals surface area contributed by atoms with Crippen LogP contribution in [0.3, 0.4) is 0 Å². The number of nitrogens with zero attached hydrogens (tertiary/aromatic N) is 7. The van der Waals surface area contributed by atoms with Gasteiger partial charge >= 0.3 is 26.7 Å². The van der Waals surface area contributed by atoms with Gasteiger partial charge in [0.2, 0.25) is 11.8 Å². The lowest BCUT2D eigenvalue weighted by atomic mass is 10.0. The number of phosphoric ester groups is 1. The van der Waals surface area contributed by atoms with Crippen molar-refractivity contribution in [2.24, 2.45) is 20.0 Å². The molecule has 1 amide bonds. The van der Waals surface area contributed by atoms with Gasteiger partial charge in [0.15, 0.2) is 5.69 Å². The van der Waals surface area contributed by atoms with E-state index >= 15 is 0 Å². The molecule has 91 heavy (non-hydrogen) atoms. The number of amides is 1. The van der Waals surface area contributed by atoms with Crippen LogP contribution in [0.1, 0.15) is 112 Å². The van der Waals surface area contributed by atoms with Crippen molar-refractivity contribution in [3.63, 3.8) is 0 Å². The summed E-state index contributed by atoms with van der Waals surface area (Å²) in [5.74, 6) is -0.839. The van der Waals surface area contributed by atoms with Crippen molar-refractivity contribution in [1.82, 2.24) is 9.55 Å². The highest BCUT2D eigenvalue weighted by molar-refractivity contribution is 7.81. The molecule has 1 aromatic heterocycles. The van der Waals surface area contributed by atoms with Gasteiger partial charge in [0.25, 0.3) is 0 Å². The van der Waals surface area contributed by atoms with Crippen LogP contribution in [-0.4, -0.2) is 103 Å². The Morgan fingerprint density at radius 3 is 1.55 bits per heavy atom. The predicted octanol–water partition coefficient (Wildman–Crippen LogP) is 16.7. The van der Waals surface area contributed by atoms with Gasteiger partial charge in [-0.1, -0.05) is 159 Å². The number of rotatable bonds is 16. The van der Waals surface area contributed by atoms with Gasteiger partial charge < -0.3 is 19.3 Å². The molecule has 0 unspecified atom stereocenters. The summed E-state index contributed by atoms with van der Waals surface area (Å²) in [6.45, 7) is 9.23. The topological polar surface area (TPSA) is 253 Å². The van der Waals surface area contributed by atoms with Crippen molar-refractivity contribution in [2.45, 2.75) is 69.4 Å². The van der Waals surface area contributed by atoms with E-state index in [1.54, 1.807) is 53.9 Å². The third kappa shape index (κ3) is 21.8. The summed E-state index contributed by atoms with van der Waals surface area (Å²) in [6.07, 6.45) is 1.50. The Hall–Kier alpha value is -7.63. The summed E-state index contributed by atoms with van der Waals surface area (Å²) in [5, 5.41) is 12.6. The van der Waals surface area contributed by atoms with Gasteiger partial charge in [-0.3, -0.25) is 47.2 Å². The van der Waals surface area contributed by atoms with Crippen LogP contribution < -0.4 is 5.32 Å². The fourth-order valence-corrected chi connectivity index (χ4v) is 11.6. The van der Waals surface area contributed by atoms with Gasteiger partial charge in [-0.2, -0.15) is 5.26 Å². The molecule has 3 aliphatic heterocycles. The molecule has 1 N–H and O–H groups in total. The number of benzodiazepines with no additional fused rings is 1. The van der Waals surface area contributed by atoms with Crippen molar-refractivity contribution >= 4 is 113 Å². The van der Waals surface area contributed by atoms with Gasteiger partial charge in [-0.15, -0.1) is 0 Å². The van der Waals surface area contributed by atoms with E-state index in [-0.39, 0.29) is 59.4 Å². The third-order valence-corrected chi connectivity index (χ3v) is 16.3. The number of esters is 2. The number of para-hydroxylation sites is 3. The maximum absolute atomic E-state index is 12.7. The zero-order chi connectivity index (χ0) is 64.3. The molecule has 4 heterocycles. The van der Waals surface area contributed by atoms with Gasteiger partial charge in [0, 0.05) is 59.7 Å². The molecule has 10 rings (SSSR count). The second-order valence-electron chi connectivity index (χ2n) is 18.0. The summed E-state index contributed by atoms with van der Waals surface area (Å²) in [5.41, 5.74) is 10.7. The number of aliphatic imine (C=N–C) groups is 4. The molecular weight excluding hydrogens is 1290 g/mol. The fraction of sp³-hybridized carbons (Fsp3) is 0.277. The number of carbonyl (C=O) groups is 3. The van der Waals surface area contributed by atoms with Gasteiger partial charge in [0.1, 0.15) is 25.8 Å². The molecular formula is C65H72Cl4N8O12P2. The molecule has 0 saturated carbocycles. The molecule has 0 spiro atoms. The largest absolute Gasteiger partial charge is 0.531 e. The molecule has 482 valence electrons. The summed E-state index contributed by atoms with van der Waals surface area (Å²) in [7, 11) is -3.75. The molecule has 20 nitrogen and oxygen atoms in total. The molecule has 0 radical (unpaired) electrons. The minimum atomic E-state index is -3.75. The standard InChI is InChI=1S/C20H16ClN3O2.C19H20ClN2O4P.C15H11ClN2O.C5H7NO2.C4H10ClO3P.2CH4/c1-2-26-20(25)19-17-11-22-18(13-7-3-5-9-15(13)21)14-8-4-6-10-16(14)24(17)12-23-19;1-3-24-27(23,25-4-2)26-18-13-21-19(14-9-5-7-11-16(14)20)15-10-6-8-12-17(15)22-18;16-12-7-3-1-5-10(12)15-11-6-2-4-8-13(11)18-14(19)9-17-15;1-2-8-5(7)3-4-6;1-3-7-9(5,6)8-4-2;;/h3-10,12H,2,11H2,1H3;5-12H,3-4,13H2,1-2H3;1-8H,9H2,(H,18,19);2-3H2,1H3;3-4H2,1-2H3;2*1H4. The van der Waals surface area contributed by atoms with E-state index in [0.29, 0.717) is 70.8 Å². The summed E-state index contributed by atoms with van der Waals surface area (Å²) in [6, 6.07) is 47.3.